The summed E-state index contributed by atoms with van der Waals surface area (Å²) in [6.45, 7) is 6.49. The van der Waals surface area contributed by atoms with Crippen molar-refractivity contribution in [1.29, 1.82) is 0 Å². The highest BCUT2D eigenvalue weighted by Gasteiger charge is 2.12. The Morgan fingerprint density at radius 1 is 1.87 bits per heavy atom. The van der Waals surface area contributed by atoms with E-state index in [1.807, 2.05) is 13.1 Å². The first-order valence-electron chi connectivity index (χ1n) is 4.70. The third-order valence-electron chi connectivity index (χ3n) is 1.93. The summed E-state index contributed by atoms with van der Waals surface area (Å²) in [5.41, 5.74) is 0. The van der Waals surface area contributed by atoms with Gasteiger partial charge < -0.3 is 5.32 Å². The molecule has 0 bridgehead atoms. The molecule has 0 aliphatic heterocycles. The molecule has 1 atom stereocenters. The third kappa shape index (κ3) is 3.87. The molecule has 0 aliphatic carbocycles. The van der Waals surface area contributed by atoms with Gasteiger partial charge in [-0.3, -0.25) is 9.48 Å². The van der Waals surface area contributed by atoms with E-state index in [-0.39, 0.29) is 11.8 Å². The minimum Gasteiger partial charge on any atom is -0.352 e. The van der Waals surface area contributed by atoms with Crippen LogP contribution in [-0.4, -0.2) is 22.2 Å². The maximum atomic E-state index is 11.5. The normalized spacial score (nSPS) is 12.1. The third-order valence-corrected chi connectivity index (χ3v) is 2.34. The van der Waals surface area contributed by atoms with Crippen LogP contribution in [0.5, 0.6) is 0 Å². The van der Waals surface area contributed by atoms with E-state index in [0.29, 0.717) is 13.1 Å². The van der Waals surface area contributed by atoms with Crippen molar-refractivity contribution in [2.45, 2.75) is 13.5 Å². The molecular formula is C10H14BrN3O. The van der Waals surface area contributed by atoms with Crippen LogP contribution in [0.1, 0.15) is 6.92 Å². The van der Waals surface area contributed by atoms with Gasteiger partial charge >= 0.3 is 0 Å². The second-order valence-corrected chi connectivity index (χ2v) is 4.23. The van der Waals surface area contributed by atoms with Gasteiger partial charge in [0.2, 0.25) is 5.91 Å². The number of amides is 1. The fourth-order valence-electron chi connectivity index (χ4n) is 1.15. The van der Waals surface area contributed by atoms with E-state index >= 15 is 0 Å². The molecule has 5 heteroatoms. The molecule has 1 aromatic rings. The summed E-state index contributed by atoms with van der Waals surface area (Å²) >= 11 is 3.30. The number of nitrogens with one attached hydrogen (secondary N) is 1. The van der Waals surface area contributed by atoms with E-state index in [1.165, 1.54) is 0 Å². The molecule has 1 N–H and O–H groups in total. The minimum absolute atomic E-state index is 0.0153. The van der Waals surface area contributed by atoms with Crippen molar-refractivity contribution in [3.63, 3.8) is 0 Å². The second kappa shape index (κ2) is 5.70. The molecule has 1 amide bonds. The van der Waals surface area contributed by atoms with Gasteiger partial charge in [-0.2, -0.15) is 5.10 Å². The molecule has 82 valence electrons. The van der Waals surface area contributed by atoms with Crippen LogP contribution >= 0.6 is 15.9 Å². The molecule has 0 aromatic carbocycles. The molecule has 0 aliphatic rings. The van der Waals surface area contributed by atoms with Gasteiger partial charge in [-0.15, -0.1) is 6.58 Å². The van der Waals surface area contributed by atoms with Gasteiger partial charge in [0.15, 0.2) is 0 Å². The van der Waals surface area contributed by atoms with E-state index in [4.69, 9.17) is 0 Å². The Morgan fingerprint density at radius 3 is 3.13 bits per heavy atom. The molecule has 0 saturated carbocycles. The van der Waals surface area contributed by atoms with E-state index in [9.17, 15) is 4.79 Å². The van der Waals surface area contributed by atoms with Crippen molar-refractivity contribution in [3.8, 4) is 0 Å². The Hall–Kier alpha value is -1.10. The second-order valence-electron chi connectivity index (χ2n) is 3.32. The number of halogens is 1. The van der Waals surface area contributed by atoms with Crippen LogP contribution in [0.15, 0.2) is 29.5 Å². The van der Waals surface area contributed by atoms with E-state index in [0.717, 1.165) is 4.47 Å². The zero-order chi connectivity index (χ0) is 11.3. The first-order valence-corrected chi connectivity index (χ1v) is 5.49. The first-order chi connectivity index (χ1) is 7.13. The predicted octanol–water partition coefficient (Wildman–Crippen LogP) is 1.58. The maximum absolute atomic E-state index is 11.5. The quantitative estimate of drug-likeness (QED) is 0.827. The van der Waals surface area contributed by atoms with Gasteiger partial charge in [0.05, 0.1) is 23.1 Å². The number of carbonyl (C=O) groups excluding carboxylic acids is 1. The highest BCUT2D eigenvalue weighted by Crippen LogP contribution is 2.08. The highest BCUT2D eigenvalue weighted by atomic mass is 79.9. The molecule has 1 unspecified atom stereocenters. The van der Waals surface area contributed by atoms with Crippen LogP contribution in [0.4, 0.5) is 0 Å². The number of rotatable bonds is 5. The average molecular weight is 272 g/mol. The van der Waals surface area contributed by atoms with Crippen LogP contribution in [-0.2, 0) is 11.3 Å². The van der Waals surface area contributed by atoms with Gasteiger partial charge in [-0.25, -0.2) is 0 Å². The molecule has 1 aromatic heterocycles. The number of aromatic nitrogens is 2. The Morgan fingerprint density at radius 2 is 2.60 bits per heavy atom. The van der Waals surface area contributed by atoms with Gasteiger partial charge in [-0.1, -0.05) is 13.0 Å². The summed E-state index contributed by atoms with van der Waals surface area (Å²) in [4.78, 5) is 11.5. The first kappa shape index (κ1) is 12.0. The average Bonchev–Trinajstić information content (AvgIpc) is 2.60. The van der Waals surface area contributed by atoms with E-state index in [1.54, 1.807) is 17.0 Å². The molecule has 0 fully saturated rings. The maximum Gasteiger partial charge on any atom is 0.224 e. The van der Waals surface area contributed by atoms with Crippen LogP contribution in [0.3, 0.4) is 0 Å². The Labute approximate surface area is 97.5 Å². The molecule has 4 nitrogen and oxygen atoms in total. The summed E-state index contributed by atoms with van der Waals surface area (Å²) in [6.07, 6.45) is 5.21. The minimum atomic E-state index is -0.100. The molecule has 1 rings (SSSR count). The van der Waals surface area contributed by atoms with Crippen LogP contribution in [0.25, 0.3) is 0 Å². The predicted molar refractivity (Wildman–Crippen MR) is 62.3 cm³/mol. The summed E-state index contributed by atoms with van der Waals surface area (Å²) < 4.78 is 2.66. The molecule has 0 spiro atoms. The molecule has 1 heterocycles. The molecule has 0 saturated heterocycles. The van der Waals surface area contributed by atoms with Crippen molar-refractivity contribution >= 4 is 21.8 Å². The lowest BCUT2D eigenvalue weighted by molar-refractivity contribution is -0.124. The fourth-order valence-corrected chi connectivity index (χ4v) is 1.48. The van der Waals surface area contributed by atoms with Crippen molar-refractivity contribution in [3.05, 3.63) is 29.5 Å². The Bertz CT molecular complexity index is 348. The topological polar surface area (TPSA) is 46.9 Å². The van der Waals surface area contributed by atoms with Crippen LogP contribution in [0.2, 0.25) is 0 Å². The van der Waals surface area contributed by atoms with Crippen molar-refractivity contribution in [2.75, 3.05) is 6.54 Å². The summed E-state index contributed by atoms with van der Waals surface area (Å²) in [6, 6.07) is 0. The standard InChI is InChI=1S/C10H14BrN3O/c1-3-4-12-10(15)8(2)6-14-7-9(11)5-13-14/h3,5,7-8H,1,4,6H2,2H3,(H,12,15). The van der Waals surface area contributed by atoms with Gasteiger partial charge in [0.25, 0.3) is 0 Å². The largest absolute Gasteiger partial charge is 0.352 e. The lowest BCUT2D eigenvalue weighted by Gasteiger charge is -2.10. The van der Waals surface area contributed by atoms with Crippen LogP contribution < -0.4 is 5.32 Å². The molecule has 15 heavy (non-hydrogen) atoms. The van der Waals surface area contributed by atoms with E-state index in [2.05, 4.69) is 32.9 Å². The number of hydrogen-bond donors (Lipinski definition) is 1. The number of hydrogen-bond acceptors (Lipinski definition) is 2. The zero-order valence-corrected chi connectivity index (χ0v) is 10.2. The number of carbonyl (C=O) groups is 1. The lowest BCUT2D eigenvalue weighted by atomic mass is 10.1. The summed E-state index contributed by atoms with van der Waals surface area (Å²) in [5, 5.41) is 6.84. The smallest absolute Gasteiger partial charge is 0.224 e. The lowest BCUT2D eigenvalue weighted by Crippen LogP contribution is -2.31. The van der Waals surface area contributed by atoms with Crippen molar-refractivity contribution in [2.24, 2.45) is 5.92 Å². The van der Waals surface area contributed by atoms with Gasteiger partial charge in [0, 0.05) is 12.7 Å². The molecule has 0 radical (unpaired) electrons. The fraction of sp³-hybridized carbons (Fsp3) is 0.400. The van der Waals surface area contributed by atoms with Gasteiger partial charge in [0.1, 0.15) is 0 Å². The summed E-state index contributed by atoms with van der Waals surface area (Å²) in [5.74, 6) is -0.0849. The number of nitrogens with zero attached hydrogens (tertiary/aromatic N) is 2. The van der Waals surface area contributed by atoms with Gasteiger partial charge in [-0.05, 0) is 15.9 Å². The highest BCUT2D eigenvalue weighted by molar-refractivity contribution is 9.10. The van der Waals surface area contributed by atoms with Crippen molar-refractivity contribution in [1.82, 2.24) is 15.1 Å². The van der Waals surface area contributed by atoms with Crippen LogP contribution in [0, 0.1) is 5.92 Å². The Balaban J connectivity index is 2.44. The Kier molecular flexibility index (Phi) is 4.55. The molecular weight excluding hydrogens is 258 g/mol. The van der Waals surface area contributed by atoms with E-state index < -0.39 is 0 Å². The van der Waals surface area contributed by atoms with Crippen molar-refractivity contribution < 1.29 is 4.79 Å². The zero-order valence-electron chi connectivity index (χ0n) is 8.61. The summed E-state index contributed by atoms with van der Waals surface area (Å²) in [7, 11) is 0. The SMILES string of the molecule is C=CCNC(=O)C(C)Cn1cc(Br)cn1. The monoisotopic (exact) mass is 271 g/mol.